The van der Waals surface area contributed by atoms with Crippen molar-refractivity contribution in [3.05, 3.63) is 53.3 Å². The molecule has 0 bridgehead atoms. The smallest absolute Gasteiger partial charge is 0.259 e. The van der Waals surface area contributed by atoms with Crippen molar-refractivity contribution in [3.8, 4) is 0 Å². The van der Waals surface area contributed by atoms with E-state index in [0.717, 1.165) is 4.70 Å². The molecule has 0 radical (unpaired) electrons. The fraction of sp³-hybridized carbons (Fsp3) is 0. The standard InChI is InChI=1S/C13H8ClN3OS/c14-9-4-1-5-10-11(9)16-13(19-10)17-12(18)8-3-2-6-15-7-8/h1-7H,(H,16,17,18). The first-order valence-corrected chi connectivity index (χ1v) is 6.70. The number of pyridine rings is 1. The van der Waals surface area contributed by atoms with Gasteiger partial charge >= 0.3 is 0 Å². The van der Waals surface area contributed by atoms with Crippen molar-refractivity contribution in [2.24, 2.45) is 0 Å². The third-order valence-electron chi connectivity index (χ3n) is 2.51. The molecule has 0 saturated heterocycles. The first-order valence-electron chi connectivity index (χ1n) is 5.50. The lowest BCUT2D eigenvalue weighted by Gasteiger charge is -1.99. The number of carbonyl (C=O) groups is 1. The number of amides is 1. The van der Waals surface area contributed by atoms with Crippen LogP contribution in [0.4, 0.5) is 5.13 Å². The van der Waals surface area contributed by atoms with Crippen molar-refractivity contribution < 1.29 is 4.79 Å². The van der Waals surface area contributed by atoms with Gasteiger partial charge in [-0.2, -0.15) is 0 Å². The van der Waals surface area contributed by atoms with E-state index in [9.17, 15) is 4.79 Å². The number of benzene rings is 1. The van der Waals surface area contributed by atoms with Gasteiger partial charge in [0.2, 0.25) is 0 Å². The van der Waals surface area contributed by atoms with E-state index in [4.69, 9.17) is 11.6 Å². The van der Waals surface area contributed by atoms with E-state index in [2.05, 4.69) is 15.3 Å². The van der Waals surface area contributed by atoms with Gasteiger partial charge in [0.05, 0.1) is 15.3 Å². The van der Waals surface area contributed by atoms with Crippen LogP contribution in [0.15, 0.2) is 42.7 Å². The lowest BCUT2D eigenvalue weighted by molar-refractivity contribution is 0.102. The van der Waals surface area contributed by atoms with Gasteiger partial charge < -0.3 is 0 Å². The molecular weight excluding hydrogens is 282 g/mol. The first-order chi connectivity index (χ1) is 9.24. The van der Waals surface area contributed by atoms with Crippen LogP contribution in [-0.4, -0.2) is 15.9 Å². The van der Waals surface area contributed by atoms with Crippen LogP contribution in [0.25, 0.3) is 10.2 Å². The summed E-state index contributed by atoms with van der Waals surface area (Å²) >= 11 is 7.43. The first kappa shape index (κ1) is 12.1. The van der Waals surface area contributed by atoms with Gasteiger partial charge in [-0.25, -0.2) is 4.98 Å². The van der Waals surface area contributed by atoms with E-state index in [0.29, 0.717) is 21.2 Å². The number of carbonyl (C=O) groups excluding carboxylic acids is 1. The summed E-state index contributed by atoms with van der Waals surface area (Å²) in [5.74, 6) is -0.233. The minimum absolute atomic E-state index is 0.233. The Labute approximate surface area is 118 Å². The van der Waals surface area contributed by atoms with Crippen LogP contribution in [0.3, 0.4) is 0 Å². The highest BCUT2D eigenvalue weighted by Gasteiger charge is 2.11. The molecule has 19 heavy (non-hydrogen) atoms. The molecule has 1 N–H and O–H groups in total. The summed E-state index contributed by atoms with van der Waals surface area (Å²) in [4.78, 5) is 20.2. The molecule has 2 aromatic heterocycles. The zero-order valence-electron chi connectivity index (χ0n) is 9.63. The number of anilines is 1. The number of fused-ring (bicyclic) bond motifs is 1. The monoisotopic (exact) mass is 289 g/mol. The lowest BCUT2D eigenvalue weighted by atomic mass is 10.3. The second-order valence-electron chi connectivity index (χ2n) is 3.80. The number of hydrogen-bond donors (Lipinski definition) is 1. The van der Waals surface area contributed by atoms with E-state index >= 15 is 0 Å². The molecule has 0 atom stereocenters. The molecule has 1 aromatic carbocycles. The highest BCUT2D eigenvalue weighted by molar-refractivity contribution is 7.22. The molecule has 94 valence electrons. The fourth-order valence-corrected chi connectivity index (χ4v) is 2.80. The highest BCUT2D eigenvalue weighted by atomic mass is 35.5. The molecule has 1 amide bonds. The van der Waals surface area contributed by atoms with Crippen molar-refractivity contribution in [3.63, 3.8) is 0 Å². The minimum Gasteiger partial charge on any atom is -0.298 e. The number of para-hydroxylation sites is 1. The molecule has 2 heterocycles. The molecule has 0 fully saturated rings. The number of aromatic nitrogens is 2. The maximum atomic E-state index is 12.0. The van der Waals surface area contributed by atoms with Crippen molar-refractivity contribution >= 4 is 44.2 Å². The molecule has 0 aliphatic rings. The van der Waals surface area contributed by atoms with Crippen molar-refractivity contribution in [1.82, 2.24) is 9.97 Å². The van der Waals surface area contributed by atoms with Gasteiger partial charge in [0.1, 0.15) is 5.52 Å². The maximum absolute atomic E-state index is 12.0. The summed E-state index contributed by atoms with van der Waals surface area (Å²) in [7, 11) is 0. The summed E-state index contributed by atoms with van der Waals surface area (Å²) in [6.07, 6.45) is 3.13. The summed E-state index contributed by atoms with van der Waals surface area (Å²) in [6.45, 7) is 0. The highest BCUT2D eigenvalue weighted by Crippen LogP contribution is 2.30. The Hall–Kier alpha value is -1.98. The third kappa shape index (κ3) is 2.43. The normalized spacial score (nSPS) is 10.6. The number of nitrogens with one attached hydrogen (secondary N) is 1. The fourth-order valence-electron chi connectivity index (χ4n) is 1.63. The second kappa shape index (κ2) is 4.95. The molecule has 4 nitrogen and oxygen atoms in total. The summed E-state index contributed by atoms with van der Waals surface area (Å²) in [5, 5.41) is 3.85. The largest absolute Gasteiger partial charge is 0.298 e. The number of hydrogen-bond acceptors (Lipinski definition) is 4. The van der Waals surface area contributed by atoms with Crippen LogP contribution in [0.2, 0.25) is 5.02 Å². The van der Waals surface area contributed by atoms with Gasteiger partial charge in [-0.05, 0) is 24.3 Å². The average Bonchev–Trinajstić information content (AvgIpc) is 2.84. The maximum Gasteiger partial charge on any atom is 0.259 e. The Balaban J connectivity index is 1.90. The molecular formula is C13H8ClN3OS. The average molecular weight is 290 g/mol. The molecule has 0 unspecified atom stereocenters. The van der Waals surface area contributed by atoms with E-state index in [1.807, 2.05) is 12.1 Å². The van der Waals surface area contributed by atoms with Gasteiger partial charge in [-0.1, -0.05) is 29.0 Å². The Morgan fingerprint density at radius 1 is 1.26 bits per heavy atom. The zero-order chi connectivity index (χ0) is 13.2. The predicted octanol–water partition coefficient (Wildman–Crippen LogP) is 3.60. The number of nitrogens with zero attached hydrogens (tertiary/aromatic N) is 2. The van der Waals surface area contributed by atoms with E-state index in [-0.39, 0.29) is 5.91 Å². The molecule has 3 rings (SSSR count). The molecule has 6 heteroatoms. The van der Waals surface area contributed by atoms with Gasteiger partial charge in [0.15, 0.2) is 5.13 Å². The second-order valence-corrected chi connectivity index (χ2v) is 5.24. The van der Waals surface area contributed by atoms with Crippen LogP contribution in [0, 0.1) is 0 Å². The van der Waals surface area contributed by atoms with Crippen LogP contribution in [0.1, 0.15) is 10.4 Å². The van der Waals surface area contributed by atoms with Crippen molar-refractivity contribution in [2.45, 2.75) is 0 Å². The predicted molar refractivity (Wildman–Crippen MR) is 76.8 cm³/mol. The van der Waals surface area contributed by atoms with Crippen LogP contribution in [-0.2, 0) is 0 Å². The number of halogens is 1. The van der Waals surface area contributed by atoms with Gasteiger partial charge in [0, 0.05) is 12.4 Å². The summed E-state index contributed by atoms with van der Waals surface area (Å²) in [5.41, 5.74) is 1.20. The van der Waals surface area contributed by atoms with Crippen LogP contribution in [0.5, 0.6) is 0 Å². The molecule has 0 aliphatic carbocycles. The van der Waals surface area contributed by atoms with E-state index in [1.165, 1.54) is 17.5 Å². The van der Waals surface area contributed by atoms with Crippen LogP contribution < -0.4 is 5.32 Å². The Morgan fingerprint density at radius 2 is 2.16 bits per heavy atom. The summed E-state index contributed by atoms with van der Waals surface area (Å²) < 4.78 is 0.939. The molecule has 0 aliphatic heterocycles. The van der Waals surface area contributed by atoms with Crippen molar-refractivity contribution in [2.75, 3.05) is 5.32 Å². The Morgan fingerprint density at radius 3 is 2.89 bits per heavy atom. The molecule has 0 saturated carbocycles. The SMILES string of the molecule is O=C(Nc1nc2c(Cl)cccc2s1)c1cccnc1. The van der Waals surface area contributed by atoms with Gasteiger partial charge in [-0.15, -0.1) is 0 Å². The zero-order valence-corrected chi connectivity index (χ0v) is 11.2. The topological polar surface area (TPSA) is 54.9 Å². The van der Waals surface area contributed by atoms with Crippen LogP contribution >= 0.6 is 22.9 Å². The lowest BCUT2D eigenvalue weighted by Crippen LogP contribution is -2.11. The summed E-state index contributed by atoms with van der Waals surface area (Å²) in [6, 6.07) is 8.96. The number of thiazole rings is 1. The van der Waals surface area contributed by atoms with Gasteiger partial charge in [-0.3, -0.25) is 15.1 Å². The molecule has 3 aromatic rings. The quantitative estimate of drug-likeness (QED) is 0.784. The number of rotatable bonds is 2. The minimum atomic E-state index is -0.233. The third-order valence-corrected chi connectivity index (χ3v) is 3.75. The van der Waals surface area contributed by atoms with Crippen molar-refractivity contribution in [1.29, 1.82) is 0 Å². The van der Waals surface area contributed by atoms with E-state index < -0.39 is 0 Å². The van der Waals surface area contributed by atoms with Gasteiger partial charge in [0.25, 0.3) is 5.91 Å². The molecule has 0 spiro atoms. The Bertz CT molecular complexity index is 742. The Kier molecular flexibility index (Phi) is 3.15. The van der Waals surface area contributed by atoms with E-state index in [1.54, 1.807) is 24.4 Å².